The molecule has 2 heterocycles. The van der Waals surface area contributed by atoms with Crippen molar-refractivity contribution >= 4 is 11.8 Å². The highest BCUT2D eigenvalue weighted by molar-refractivity contribution is 5.88. The monoisotopic (exact) mass is 413 g/mol. The van der Waals surface area contributed by atoms with Gasteiger partial charge in [-0.2, -0.15) is 5.10 Å². The zero-order chi connectivity index (χ0) is 21.7. The van der Waals surface area contributed by atoms with E-state index in [0.29, 0.717) is 19.0 Å². The molecular formula is C22H31N5O3. The Morgan fingerprint density at radius 2 is 2.20 bits per heavy atom. The number of ether oxygens (including phenoxy) is 1. The van der Waals surface area contributed by atoms with Gasteiger partial charge in [-0.3, -0.25) is 14.5 Å². The summed E-state index contributed by atoms with van der Waals surface area (Å²) in [6.07, 6.45) is 3.83. The van der Waals surface area contributed by atoms with Gasteiger partial charge in [0.15, 0.2) is 0 Å². The first kappa shape index (κ1) is 21.8. The van der Waals surface area contributed by atoms with Gasteiger partial charge in [0, 0.05) is 51.1 Å². The van der Waals surface area contributed by atoms with Crippen LogP contribution in [0.1, 0.15) is 25.8 Å². The molecule has 1 saturated heterocycles. The molecule has 2 amide bonds. The van der Waals surface area contributed by atoms with Gasteiger partial charge < -0.3 is 15.0 Å². The second-order valence-corrected chi connectivity index (χ2v) is 8.14. The maximum Gasteiger partial charge on any atom is 0.237 e. The minimum Gasteiger partial charge on any atom is -0.497 e. The zero-order valence-electron chi connectivity index (χ0n) is 18.2. The van der Waals surface area contributed by atoms with Gasteiger partial charge in [0.25, 0.3) is 0 Å². The number of piperazine rings is 1. The Balaban J connectivity index is 1.62. The second kappa shape index (κ2) is 9.75. The average Bonchev–Trinajstić information content (AvgIpc) is 3.18. The van der Waals surface area contributed by atoms with E-state index < -0.39 is 6.04 Å². The Morgan fingerprint density at radius 3 is 2.93 bits per heavy atom. The summed E-state index contributed by atoms with van der Waals surface area (Å²) in [4.78, 5) is 29.0. The molecule has 0 radical (unpaired) electrons. The fourth-order valence-electron chi connectivity index (χ4n) is 3.69. The Labute approximate surface area is 177 Å². The van der Waals surface area contributed by atoms with Crippen LogP contribution in [0.15, 0.2) is 36.7 Å². The molecule has 1 aliphatic rings. The summed E-state index contributed by atoms with van der Waals surface area (Å²) in [7, 11) is 3.39. The summed E-state index contributed by atoms with van der Waals surface area (Å²) in [6, 6.07) is 7.22. The lowest BCUT2D eigenvalue weighted by molar-refractivity contribution is -0.138. The molecule has 0 unspecified atom stereocenters. The molecule has 30 heavy (non-hydrogen) atoms. The summed E-state index contributed by atoms with van der Waals surface area (Å²) in [5.41, 5.74) is 1.80. The van der Waals surface area contributed by atoms with Crippen molar-refractivity contribution in [1.29, 1.82) is 0 Å². The normalized spacial score (nSPS) is 17.1. The summed E-state index contributed by atoms with van der Waals surface area (Å²) in [5, 5.41) is 7.28. The Morgan fingerprint density at radius 1 is 1.40 bits per heavy atom. The summed E-state index contributed by atoms with van der Waals surface area (Å²) < 4.78 is 7.02. The van der Waals surface area contributed by atoms with Crippen molar-refractivity contribution in [3.63, 3.8) is 0 Å². The first-order valence-electron chi connectivity index (χ1n) is 10.3. The number of aromatic nitrogens is 2. The van der Waals surface area contributed by atoms with E-state index in [1.54, 1.807) is 29.9 Å². The third-order valence-corrected chi connectivity index (χ3v) is 5.21. The lowest BCUT2D eigenvalue weighted by Gasteiger charge is -2.36. The Kier molecular flexibility index (Phi) is 7.10. The van der Waals surface area contributed by atoms with Crippen LogP contribution in [0, 0.1) is 5.92 Å². The molecule has 1 N–H and O–H groups in total. The van der Waals surface area contributed by atoms with Crippen LogP contribution in [0.25, 0.3) is 5.69 Å². The quantitative estimate of drug-likeness (QED) is 0.712. The summed E-state index contributed by atoms with van der Waals surface area (Å²) in [5.74, 6) is 1.08. The minimum absolute atomic E-state index is 0.0556. The smallest absolute Gasteiger partial charge is 0.237 e. The molecule has 1 aliphatic heterocycles. The van der Waals surface area contributed by atoms with Gasteiger partial charge in [-0.15, -0.1) is 0 Å². The van der Waals surface area contributed by atoms with Gasteiger partial charge in [-0.05, 0) is 18.1 Å². The molecule has 1 atom stereocenters. The SMILES string of the molecule is COc1cccc(-n2cc(CN(C)C(=O)C[C@@H]3C(=O)NCCN3CC(C)C)cn2)c1. The van der Waals surface area contributed by atoms with Gasteiger partial charge in [0.05, 0.1) is 31.5 Å². The molecule has 8 heteroatoms. The summed E-state index contributed by atoms with van der Waals surface area (Å²) in [6.45, 7) is 6.90. The van der Waals surface area contributed by atoms with E-state index in [1.807, 2.05) is 30.5 Å². The third-order valence-electron chi connectivity index (χ3n) is 5.21. The number of carbonyl (C=O) groups excluding carboxylic acids is 2. The maximum absolute atomic E-state index is 12.8. The molecule has 162 valence electrons. The van der Waals surface area contributed by atoms with Crippen molar-refractivity contribution in [2.45, 2.75) is 32.9 Å². The van der Waals surface area contributed by atoms with Crippen LogP contribution in [0.2, 0.25) is 0 Å². The van der Waals surface area contributed by atoms with E-state index in [4.69, 9.17) is 4.74 Å². The number of hydrogen-bond donors (Lipinski definition) is 1. The predicted molar refractivity (Wildman–Crippen MR) is 114 cm³/mol. The molecule has 8 nitrogen and oxygen atoms in total. The van der Waals surface area contributed by atoms with Gasteiger partial charge in [-0.1, -0.05) is 19.9 Å². The van der Waals surface area contributed by atoms with Crippen LogP contribution in [0.5, 0.6) is 5.75 Å². The van der Waals surface area contributed by atoms with E-state index >= 15 is 0 Å². The molecule has 1 aromatic heterocycles. The highest BCUT2D eigenvalue weighted by atomic mass is 16.5. The molecule has 0 aliphatic carbocycles. The number of amides is 2. The number of hydrogen-bond acceptors (Lipinski definition) is 5. The standard InChI is InChI=1S/C22H31N5O3/c1-16(2)13-26-9-8-23-22(29)20(26)11-21(28)25(3)14-17-12-24-27(15-17)18-6-5-7-19(10-18)30-4/h5-7,10,12,15-16,20H,8-9,11,13-14H2,1-4H3,(H,23,29)/t20-/m1/s1. The number of carbonyl (C=O) groups is 2. The van der Waals surface area contributed by atoms with Crippen LogP contribution in [0.4, 0.5) is 0 Å². The highest BCUT2D eigenvalue weighted by Crippen LogP contribution is 2.17. The van der Waals surface area contributed by atoms with E-state index in [9.17, 15) is 9.59 Å². The summed E-state index contributed by atoms with van der Waals surface area (Å²) >= 11 is 0. The van der Waals surface area contributed by atoms with Gasteiger partial charge in [0.2, 0.25) is 11.8 Å². The zero-order valence-corrected chi connectivity index (χ0v) is 18.2. The van der Waals surface area contributed by atoms with E-state index in [-0.39, 0.29) is 18.2 Å². The number of nitrogens with one attached hydrogen (secondary N) is 1. The van der Waals surface area contributed by atoms with Crippen LogP contribution >= 0.6 is 0 Å². The molecule has 3 rings (SSSR count). The van der Waals surface area contributed by atoms with E-state index in [2.05, 4.69) is 29.2 Å². The van der Waals surface area contributed by atoms with Crippen molar-refractivity contribution in [2.24, 2.45) is 5.92 Å². The maximum atomic E-state index is 12.8. The largest absolute Gasteiger partial charge is 0.497 e. The first-order chi connectivity index (χ1) is 14.4. The second-order valence-electron chi connectivity index (χ2n) is 8.14. The molecule has 0 saturated carbocycles. The van der Waals surface area contributed by atoms with Crippen molar-refractivity contribution in [3.05, 3.63) is 42.2 Å². The number of rotatable bonds is 8. The third kappa shape index (κ3) is 5.38. The van der Waals surface area contributed by atoms with Crippen molar-refractivity contribution < 1.29 is 14.3 Å². The first-order valence-corrected chi connectivity index (χ1v) is 10.3. The van der Waals surface area contributed by atoms with Crippen molar-refractivity contribution in [2.75, 3.05) is 33.8 Å². The topological polar surface area (TPSA) is 79.7 Å². The van der Waals surface area contributed by atoms with Gasteiger partial charge >= 0.3 is 0 Å². The minimum atomic E-state index is -0.407. The van der Waals surface area contributed by atoms with E-state index in [0.717, 1.165) is 30.1 Å². The Bertz CT molecular complexity index is 879. The molecule has 2 aromatic rings. The van der Waals surface area contributed by atoms with Crippen LogP contribution in [-0.4, -0.2) is 71.2 Å². The fourth-order valence-corrected chi connectivity index (χ4v) is 3.69. The average molecular weight is 414 g/mol. The van der Waals surface area contributed by atoms with Crippen LogP contribution in [-0.2, 0) is 16.1 Å². The number of benzene rings is 1. The molecule has 0 bridgehead atoms. The lowest BCUT2D eigenvalue weighted by atomic mass is 10.1. The van der Waals surface area contributed by atoms with Gasteiger partial charge in [0.1, 0.15) is 5.75 Å². The fraction of sp³-hybridized carbons (Fsp3) is 0.500. The number of methoxy groups -OCH3 is 1. The van der Waals surface area contributed by atoms with E-state index in [1.165, 1.54) is 0 Å². The van der Waals surface area contributed by atoms with Crippen molar-refractivity contribution in [3.8, 4) is 11.4 Å². The molecule has 1 fully saturated rings. The van der Waals surface area contributed by atoms with Crippen LogP contribution in [0.3, 0.4) is 0 Å². The number of nitrogens with zero attached hydrogens (tertiary/aromatic N) is 4. The van der Waals surface area contributed by atoms with Gasteiger partial charge in [-0.25, -0.2) is 4.68 Å². The molecular weight excluding hydrogens is 382 g/mol. The Hall–Kier alpha value is -2.87. The van der Waals surface area contributed by atoms with Crippen LogP contribution < -0.4 is 10.1 Å². The predicted octanol–water partition coefficient (Wildman–Crippen LogP) is 1.69. The lowest BCUT2D eigenvalue weighted by Crippen LogP contribution is -2.57. The highest BCUT2D eigenvalue weighted by Gasteiger charge is 2.32. The molecule has 0 spiro atoms. The molecule has 1 aromatic carbocycles. The van der Waals surface area contributed by atoms with Crippen molar-refractivity contribution in [1.82, 2.24) is 24.9 Å².